The Labute approximate surface area is 139 Å². The molecule has 1 aromatic heterocycles. The molecule has 0 aliphatic heterocycles. The first-order valence-electron chi connectivity index (χ1n) is 7.98. The van der Waals surface area contributed by atoms with E-state index < -0.39 is 0 Å². The number of thiophene rings is 1. The number of carbonyl (C=O) groups excluding carboxylic acids is 2. The second kappa shape index (κ2) is 6.96. The van der Waals surface area contributed by atoms with Crippen molar-refractivity contribution in [3.05, 3.63) is 51.2 Å². The zero-order valence-corrected chi connectivity index (χ0v) is 14.0. The Balaban J connectivity index is 1.73. The molecular formula is C18H20N2O2S. The SMILES string of the molecule is CCNC(=O)c1cccc(NC(=O)c2cc3c(s2)CCCC3)c1. The average molecular weight is 328 g/mol. The van der Waals surface area contributed by atoms with Crippen molar-refractivity contribution in [2.24, 2.45) is 0 Å². The van der Waals surface area contributed by atoms with Gasteiger partial charge in [-0.1, -0.05) is 6.07 Å². The first-order chi connectivity index (χ1) is 11.2. The minimum Gasteiger partial charge on any atom is -0.352 e. The van der Waals surface area contributed by atoms with E-state index in [2.05, 4.69) is 10.6 Å². The molecule has 2 N–H and O–H groups in total. The summed E-state index contributed by atoms with van der Waals surface area (Å²) >= 11 is 1.59. The molecule has 0 radical (unpaired) electrons. The van der Waals surface area contributed by atoms with Crippen molar-refractivity contribution in [2.75, 3.05) is 11.9 Å². The lowest BCUT2D eigenvalue weighted by Gasteiger charge is -2.08. The zero-order valence-electron chi connectivity index (χ0n) is 13.1. The van der Waals surface area contributed by atoms with E-state index in [-0.39, 0.29) is 11.8 Å². The Bertz CT molecular complexity index is 713. The second-order valence-corrected chi connectivity index (χ2v) is 6.80. The molecule has 2 aromatic rings. The molecule has 120 valence electrons. The number of anilines is 1. The molecule has 1 aromatic carbocycles. The summed E-state index contributed by atoms with van der Waals surface area (Å²) in [7, 11) is 0. The van der Waals surface area contributed by atoms with E-state index in [1.54, 1.807) is 35.6 Å². The topological polar surface area (TPSA) is 58.2 Å². The van der Waals surface area contributed by atoms with E-state index in [9.17, 15) is 9.59 Å². The summed E-state index contributed by atoms with van der Waals surface area (Å²) in [5.74, 6) is -0.229. The highest BCUT2D eigenvalue weighted by Gasteiger charge is 2.17. The van der Waals surface area contributed by atoms with Crippen molar-refractivity contribution in [2.45, 2.75) is 32.6 Å². The quantitative estimate of drug-likeness (QED) is 0.900. The van der Waals surface area contributed by atoms with Crippen LogP contribution < -0.4 is 10.6 Å². The fourth-order valence-corrected chi connectivity index (χ4v) is 3.94. The fraction of sp³-hybridized carbons (Fsp3) is 0.333. The van der Waals surface area contributed by atoms with Crippen LogP contribution in [0, 0.1) is 0 Å². The van der Waals surface area contributed by atoms with Crippen LogP contribution in [-0.2, 0) is 12.8 Å². The van der Waals surface area contributed by atoms with Gasteiger partial charge in [0.15, 0.2) is 0 Å². The van der Waals surface area contributed by atoms with Gasteiger partial charge in [0, 0.05) is 22.7 Å². The molecule has 0 spiro atoms. The summed E-state index contributed by atoms with van der Waals surface area (Å²) in [6.07, 6.45) is 4.58. The standard InChI is InChI=1S/C18H20N2O2S/c1-2-19-17(21)13-7-5-8-14(10-13)20-18(22)16-11-12-6-3-4-9-15(12)23-16/h5,7-8,10-11H,2-4,6,9H2,1H3,(H,19,21)(H,20,22). The molecule has 0 saturated heterocycles. The molecule has 1 heterocycles. The Morgan fingerprint density at radius 3 is 2.74 bits per heavy atom. The monoisotopic (exact) mass is 328 g/mol. The number of hydrogen-bond donors (Lipinski definition) is 2. The van der Waals surface area contributed by atoms with Crippen molar-refractivity contribution in [3.8, 4) is 0 Å². The minimum atomic E-state index is -0.129. The van der Waals surface area contributed by atoms with Crippen LogP contribution in [0.15, 0.2) is 30.3 Å². The largest absolute Gasteiger partial charge is 0.352 e. The van der Waals surface area contributed by atoms with Crippen LogP contribution in [0.3, 0.4) is 0 Å². The van der Waals surface area contributed by atoms with Crippen LogP contribution in [-0.4, -0.2) is 18.4 Å². The number of hydrogen-bond acceptors (Lipinski definition) is 3. The second-order valence-electron chi connectivity index (χ2n) is 5.66. The van der Waals surface area contributed by atoms with E-state index in [1.165, 1.54) is 23.3 Å². The van der Waals surface area contributed by atoms with Gasteiger partial charge in [0.2, 0.25) is 0 Å². The lowest BCUT2D eigenvalue weighted by molar-refractivity contribution is 0.0954. The van der Waals surface area contributed by atoms with Gasteiger partial charge in [-0.05, 0) is 62.4 Å². The molecule has 0 unspecified atom stereocenters. The van der Waals surface area contributed by atoms with Crippen LogP contribution in [0.4, 0.5) is 5.69 Å². The maximum absolute atomic E-state index is 12.4. The maximum atomic E-state index is 12.4. The summed E-state index contributed by atoms with van der Waals surface area (Å²) in [6, 6.07) is 9.04. The normalized spacial score (nSPS) is 13.3. The van der Waals surface area contributed by atoms with E-state index in [0.29, 0.717) is 17.8 Å². The van der Waals surface area contributed by atoms with Gasteiger partial charge in [0.25, 0.3) is 11.8 Å². The van der Waals surface area contributed by atoms with Gasteiger partial charge in [0.1, 0.15) is 0 Å². The van der Waals surface area contributed by atoms with Gasteiger partial charge in [-0.15, -0.1) is 11.3 Å². The average Bonchev–Trinajstić information content (AvgIpc) is 2.99. The molecule has 0 atom stereocenters. The smallest absolute Gasteiger partial charge is 0.265 e. The third-order valence-electron chi connectivity index (χ3n) is 3.94. The van der Waals surface area contributed by atoms with Crippen molar-refractivity contribution < 1.29 is 9.59 Å². The van der Waals surface area contributed by atoms with Crippen molar-refractivity contribution >= 4 is 28.8 Å². The van der Waals surface area contributed by atoms with E-state index >= 15 is 0 Å². The molecule has 3 rings (SSSR count). The minimum absolute atomic E-state index is 0.0996. The lowest BCUT2D eigenvalue weighted by Crippen LogP contribution is -2.22. The number of amides is 2. The number of rotatable bonds is 4. The Hall–Kier alpha value is -2.14. The number of carbonyl (C=O) groups is 2. The highest BCUT2D eigenvalue weighted by molar-refractivity contribution is 7.14. The molecule has 1 aliphatic carbocycles. The Kier molecular flexibility index (Phi) is 4.76. The number of aryl methyl sites for hydroxylation is 2. The number of benzene rings is 1. The van der Waals surface area contributed by atoms with Gasteiger partial charge in [0.05, 0.1) is 4.88 Å². The van der Waals surface area contributed by atoms with Crippen molar-refractivity contribution in [3.63, 3.8) is 0 Å². The molecule has 0 bridgehead atoms. The number of nitrogens with one attached hydrogen (secondary N) is 2. The third kappa shape index (κ3) is 3.62. The van der Waals surface area contributed by atoms with Gasteiger partial charge in [-0.3, -0.25) is 9.59 Å². The van der Waals surface area contributed by atoms with Crippen LogP contribution in [0.1, 0.15) is 50.2 Å². The van der Waals surface area contributed by atoms with Gasteiger partial charge >= 0.3 is 0 Å². The maximum Gasteiger partial charge on any atom is 0.265 e. The van der Waals surface area contributed by atoms with Gasteiger partial charge in [-0.2, -0.15) is 0 Å². The predicted molar refractivity (Wildman–Crippen MR) is 93.4 cm³/mol. The van der Waals surface area contributed by atoms with Gasteiger partial charge < -0.3 is 10.6 Å². The molecule has 1 aliphatic rings. The summed E-state index contributed by atoms with van der Waals surface area (Å²) in [6.45, 7) is 2.46. The summed E-state index contributed by atoms with van der Waals surface area (Å²) in [4.78, 5) is 26.4. The molecule has 23 heavy (non-hydrogen) atoms. The summed E-state index contributed by atoms with van der Waals surface area (Å²) in [5.41, 5.74) is 2.52. The zero-order chi connectivity index (χ0) is 16.2. The van der Waals surface area contributed by atoms with E-state index in [1.807, 2.05) is 13.0 Å². The molecular weight excluding hydrogens is 308 g/mol. The van der Waals surface area contributed by atoms with Crippen molar-refractivity contribution in [1.82, 2.24) is 5.32 Å². The lowest BCUT2D eigenvalue weighted by atomic mass is 9.99. The highest BCUT2D eigenvalue weighted by atomic mass is 32.1. The highest BCUT2D eigenvalue weighted by Crippen LogP contribution is 2.30. The molecule has 0 fully saturated rings. The first kappa shape index (κ1) is 15.7. The number of fused-ring (bicyclic) bond motifs is 1. The fourth-order valence-electron chi connectivity index (χ4n) is 2.80. The van der Waals surface area contributed by atoms with Crippen LogP contribution in [0.2, 0.25) is 0 Å². The van der Waals surface area contributed by atoms with E-state index in [4.69, 9.17) is 0 Å². The van der Waals surface area contributed by atoms with Gasteiger partial charge in [-0.25, -0.2) is 0 Å². The molecule has 4 nitrogen and oxygen atoms in total. The van der Waals surface area contributed by atoms with E-state index in [0.717, 1.165) is 17.7 Å². The molecule has 2 amide bonds. The first-order valence-corrected chi connectivity index (χ1v) is 8.80. The van der Waals surface area contributed by atoms with Crippen LogP contribution in [0.5, 0.6) is 0 Å². The van der Waals surface area contributed by atoms with Crippen LogP contribution in [0.25, 0.3) is 0 Å². The van der Waals surface area contributed by atoms with Crippen molar-refractivity contribution in [1.29, 1.82) is 0 Å². The Morgan fingerprint density at radius 1 is 1.13 bits per heavy atom. The molecule has 0 saturated carbocycles. The van der Waals surface area contributed by atoms with Crippen LogP contribution >= 0.6 is 11.3 Å². The summed E-state index contributed by atoms with van der Waals surface area (Å²) in [5, 5.41) is 5.65. The Morgan fingerprint density at radius 2 is 1.96 bits per heavy atom. The third-order valence-corrected chi connectivity index (χ3v) is 5.18. The molecule has 5 heteroatoms. The summed E-state index contributed by atoms with van der Waals surface area (Å²) < 4.78 is 0. The predicted octanol–water partition coefficient (Wildman–Crippen LogP) is 3.63.